The fourth-order valence-corrected chi connectivity index (χ4v) is 1.54. The van der Waals surface area contributed by atoms with Gasteiger partial charge in [0.15, 0.2) is 17.3 Å². The van der Waals surface area contributed by atoms with Crippen LogP contribution in [0.3, 0.4) is 0 Å². The molecule has 0 saturated carbocycles. The fraction of sp³-hybridized carbons (Fsp3) is 0.500. The molecular weight excluding hydrogens is 306 g/mol. The third kappa shape index (κ3) is 4.49. The Labute approximate surface area is 133 Å². The maximum absolute atomic E-state index is 12.1. The molecule has 0 aromatic carbocycles. The van der Waals surface area contributed by atoms with Crippen LogP contribution in [0.5, 0.6) is 0 Å². The highest BCUT2D eigenvalue weighted by atomic mass is 16.6. The summed E-state index contributed by atoms with van der Waals surface area (Å²) >= 11 is 0. The minimum absolute atomic E-state index is 0.0796. The van der Waals surface area contributed by atoms with Crippen LogP contribution in [0, 0.1) is 0 Å². The molecule has 0 saturated heterocycles. The molecule has 0 fully saturated rings. The third-order valence-electron chi connectivity index (χ3n) is 2.48. The van der Waals surface area contributed by atoms with Crippen LogP contribution < -0.4 is 26.8 Å². The van der Waals surface area contributed by atoms with Gasteiger partial charge < -0.3 is 25.8 Å². The summed E-state index contributed by atoms with van der Waals surface area (Å²) in [6.45, 7) is 3.42. The van der Waals surface area contributed by atoms with Crippen molar-refractivity contribution in [2.75, 3.05) is 48.7 Å². The zero-order chi connectivity index (χ0) is 17.6. The number of ether oxygens (including phenoxy) is 2. The molecule has 0 aliphatic carbocycles. The third-order valence-corrected chi connectivity index (χ3v) is 2.48. The number of carbonyl (C=O) groups is 2. The molecule has 0 atom stereocenters. The molecule has 0 aliphatic heterocycles. The number of nitrogens with two attached hydrogens (primary N) is 2. The number of carbonyl (C=O) groups excluding carboxylic acids is 2. The molecule has 0 spiro atoms. The Morgan fingerprint density at radius 1 is 1.09 bits per heavy atom. The molecule has 5 N–H and O–H groups in total. The smallest absolute Gasteiger partial charge is 0.433 e. The Hall–Kier alpha value is -2.98. The van der Waals surface area contributed by atoms with Gasteiger partial charge in [-0.1, -0.05) is 0 Å². The highest BCUT2D eigenvalue weighted by Crippen LogP contribution is 2.28. The van der Waals surface area contributed by atoms with E-state index in [0.717, 1.165) is 0 Å². The van der Waals surface area contributed by atoms with Crippen molar-refractivity contribution in [3.05, 3.63) is 0 Å². The van der Waals surface area contributed by atoms with Crippen molar-refractivity contribution in [1.82, 2.24) is 15.4 Å². The second-order valence-corrected chi connectivity index (χ2v) is 4.40. The first-order chi connectivity index (χ1) is 10.8. The molecule has 23 heavy (non-hydrogen) atoms. The van der Waals surface area contributed by atoms with Crippen LogP contribution >= 0.6 is 0 Å². The van der Waals surface area contributed by atoms with Gasteiger partial charge in [-0.25, -0.2) is 15.0 Å². The minimum Gasteiger partial charge on any atom is -0.449 e. The van der Waals surface area contributed by atoms with Gasteiger partial charge in [-0.15, -0.1) is 0 Å². The maximum Gasteiger partial charge on any atom is 0.433 e. The largest absolute Gasteiger partial charge is 0.449 e. The van der Waals surface area contributed by atoms with E-state index in [2.05, 4.69) is 15.4 Å². The number of hydrazine groups is 1. The van der Waals surface area contributed by atoms with Gasteiger partial charge in [0.2, 0.25) is 5.95 Å². The zero-order valence-electron chi connectivity index (χ0n) is 13.5. The summed E-state index contributed by atoms with van der Waals surface area (Å²) < 4.78 is 9.60. The molecule has 11 heteroatoms. The van der Waals surface area contributed by atoms with Gasteiger partial charge in [-0.3, -0.25) is 0 Å². The predicted molar refractivity (Wildman–Crippen MR) is 84.8 cm³/mol. The lowest BCUT2D eigenvalue weighted by molar-refractivity contribution is 0.139. The van der Waals surface area contributed by atoms with Crippen molar-refractivity contribution in [3.63, 3.8) is 0 Å². The number of aromatic nitrogens is 2. The van der Waals surface area contributed by atoms with E-state index < -0.39 is 12.2 Å². The van der Waals surface area contributed by atoms with E-state index in [1.807, 2.05) is 0 Å². The summed E-state index contributed by atoms with van der Waals surface area (Å²) in [6.07, 6.45) is -1.78. The van der Waals surface area contributed by atoms with Crippen LogP contribution in [0.15, 0.2) is 0 Å². The summed E-state index contributed by atoms with van der Waals surface area (Å²) in [5, 5.41) is 0.714. The van der Waals surface area contributed by atoms with E-state index in [-0.39, 0.29) is 36.5 Å². The molecule has 1 rings (SSSR count). The summed E-state index contributed by atoms with van der Waals surface area (Å²) in [4.78, 5) is 33.3. The van der Waals surface area contributed by atoms with Gasteiger partial charge in [0.05, 0.1) is 13.2 Å². The average Bonchev–Trinajstić information content (AvgIpc) is 2.45. The molecule has 0 unspecified atom stereocenters. The van der Waals surface area contributed by atoms with Crippen LogP contribution in [-0.2, 0) is 9.47 Å². The minimum atomic E-state index is -0.903. The number of hydrogen-bond donors (Lipinski definition) is 3. The van der Waals surface area contributed by atoms with E-state index in [9.17, 15) is 9.59 Å². The Morgan fingerprint density at radius 2 is 1.61 bits per heavy atom. The van der Waals surface area contributed by atoms with Crippen LogP contribution in [0.25, 0.3) is 0 Å². The normalized spacial score (nSPS) is 9.91. The molecule has 2 amide bonds. The second kappa shape index (κ2) is 7.87. The maximum atomic E-state index is 12.1. The van der Waals surface area contributed by atoms with E-state index >= 15 is 0 Å². The highest BCUT2D eigenvalue weighted by molar-refractivity contribution is 5.96. The monoisotopic (exact) mass is 327 g/mol. The molecule has 1 aromatic heterocycles. The molecular formula is C12H21N7O4. The molecule has 0 bridgehead atoms. The Bertz CT molecular complexity index is 556. The summed E-state index contributed by atoms with van der Waals surface area (Å²) in [5.74, 6) is 0.0424. The molecule has 128 valence electrons. The molecule has 0 radical (unpaired) electrons. The number of anilines is 4. The van der Waals surface area contributed by atoms with Crippen molar-refractivity contribution in [3.8, 4) is 0 Å². The number of amides is 2. The average molecular weight is 327 g/mol. The van der Waals surface area contributed by atoms with Gasteiger partial charge >= 0.3 is 12.2 Å². The number of rotatable bonds is 4. The van der Waals surface area contributed by atoms with E-state index in [4.69, 9.17) is 20.9 Å². The van der Waals surface area contributed by atoms with Crippen molar-refractivity contribution >= 4 is 35.5 Å². The van der Waals surface area contributed by atoms with E-state index in [1.165, 1.54) is 0 Å². The van der Waals surface area contributed by atoms with Gasteiger partial charge in [0.25, 0.3) is 0 Å². The second-order valence-electron chi connectivity index (χ2n) is 4.40. The highest BCUT2D eigenvalue weighted by Gasteiger charge is 2.27. The first-order valence-electron chi connectivity index (χ1n) is 6.82. The molecule has 1 heterocycles. The number of nitrogens with zero attached hydrogens (tertiary/aromatic N) is 4. The standard InChI is InChI=1S/C12H21N7O4/c1-5-22-11(20)17-19(12(21)23-6-2)7-8(13)15-10(18(3)4)16-9(7)14/h5-6H2,1-4H3,(H,17,20)(H4,13,14,15,16). The Kier molecular flexibility index (Phi) is 6.18. The van der Waals surface area contributed by atoms with Gasteiger partial charge in [-0.05, 0) is 13.8 Å². The molecule has 0 aliphatic rings. The lowest BCUT2D eigenvalue weighted by Crippen LogP contribution is -2.48. The first kappa shape index (κ1) is 18.1. The SMILES string of the molecule is CCOC(=O)NN(C(=O)OCC)c1c(N)nc(N(C)C)nc1N. The summed E-state index contributed by atoms with van der Waals surface area (Å²) in [7, 11) is 3.40. The summed E-state index contributed by atoms with van der Waals surface area (Å²) in [5.41, 5.74) is 13.8. The van der Waals surface area contributed by atoms with Crippen molar-refractivity contribution in [2.24, 2.45) is 0 Å². The zero-order valence-corrected chi connectivity index (χ0v) is 13.5. The number of nitrogen functional groups attached to an aromatic ring is 2. The van der Waals surface area contributed by atoms with E-state index in [1.54, 1.807) is 32.8 Å². The lowest BCUT2D eigenvalue weighted by atomic mass is 10.4. The van der Waals surface area contributed by atoms with Gasteiger partial charge in [-0.2, -0.15) is 15.0 Å². The lowest BCUT2D eigenvalue weighted by Gasteiger charge is -2.24. The van der Waals surface area contributed by atoms with Crippen LogP contribution in [0.2, 0.25) is 0 Å². The van der Waals surface area contributed by atoms with Gasteiger partial charge in [0, 0.05) is 14.1 Å². The number of nitrogens with one attached hydrogen (secondary N) is 1. The number of hydrogen-bond acceptors (Lipinski definition) is 9. The van der Waals surface area contributed by atoms with Crippen LogP contribution in [-0.4, -0.2) is 49.5 Å². The van der Waals surface area contributed by atoms with E-state index in [0.29, 0.717) is 5.01 Å². The predicted octanol–water partition coefficient (Wildman–Crippen LogP) is 0.331. The van der Waals surface area contributed by atoms with Crippen LogP contribution in [0.4, 0.5) is 32.9 Å². The van der Waals surface area contributed by atoms with Crippen LogP contribution in [0.1, 0.15) is 13.8 Å². The Morgan fingerprint density at radius 3 is 2.04 bits per heavy atom. The fourth-order valence-electron chi connectivity index (χ4n) is 1.54. The summed E-state index contributed by atoms with van der Waals surface area (Å²) in [6, 6.07) is 0. The van der Waals surface area contributed by atoms with Gasteiger partial charge in [0.1, 0.15) is 0 Å². The molecule has 11 nitrogen and oxygen atoms in total. The first-order valence-corrected chi connectivity index (χ1v) is 6.82. The van der Waals surface area contributed by atoms with Crippen molar-refractivity contribution in [1.29, 1.82) is 0 Å². The van der Waals surface area contributed by atoms with Crippen molar-refractivity contribution in [2.45, 2.75) is 13.8 Å². The molecule has 1 aromatic rings. The Balaban J connectivity index is 3.25. The quantitative estimate of drug-likeness (QED) is 0.665. The topological polar surface area (TPSA) is 149 Å². The van der Waals surface area contributed by atoms with Crippen molar-refractivity contribution < 1.29 is 19.1 Å².